The average Bonchev–Trinajstić information content (AvgIpc) is 2.67. The van der Waals surface area contributed by atoms with Gasteiger partial charge in [-0.25, -0.2) is 13.2 Å². The highest BCUT2D eigenvalue weighted by Crippen LogP contribution is 2.26. The molecule has 160 valence electrons. The van der Waals surface area contributed by atoms with Crippen LogP contribution < -0.4 is 9.62 Å². The fourth-order valence-corrected chi connectivity index (χ4v) is 3.94. The normalized spacial score (nSPS) is 12.0. The zero-order valence-corrected chi connectivity index (χ0v) is 17.4. The molecule has 0 aromatic heterocycles. The number of rotatable bonds is 8. The second kappa shape index (κ2) is 9.35. The summed E-state index contributed by atoms with van der Waals surface area (Å²) in [6.45, 7) is 3.12. The maximum absolute atomic E-state index is 12.8. The van der Waals surface area contributed by atoms with Crippen molar-refractivity contribution in [2.45, 2.75) is 19.9 Å². The average molecular weight is 435 g/mol. The molecule has 30 heavy (non-hydrogen) atoms. The minimum Gasteiger partial charge on any atom is -0.462 e. The molecule has 2 aromatic rings. The van der Waals surface area contributed by atoms with Gasteiger partial charge >= 0.3 is 5.97 Å². The van der Waals surface area contributed by atoms with E-state index in [1.807, 2.05) is 0 Å². The molecule has 0 spiro atoms. The van der Waals surface area contributed by atoms with Gasteiger partial charge in [-0.05, 0) is 32.0 Å². The topological polar surface area (TPSA) is 136 Å². The molecule has 2 rings (SSSR count). The summed E-state index contributed by atoms with van der Waals surface area (Å²) in [5.74, 6) is -1.37. The number of nitrogens with one attached hydrogen (secondary N) is 1. The fraction of sp³-hybridized carbons (Fsp3) is 0.263. The van der Waals surface area contributed by atoms with Crippen LogP contribution in [0.1, 0.15) is 24.2 Å². The van der Waals surface area contributed by atoms with Crippen molar-refractivity contribution in [1.29, 1.82) is 0 Å². The molecule has 1 amide bonds. The molecular formula is C19H21N3O7S. The molecule has 0 unspecified atom stereocenters. The quantitative estimate of drug-likeness (QED) is 0.382. The van der Waals surface area contributed by atoms with E-state index in [-0.39, 0.29) is 29.2 Å². The summed E-state index contributed by atoms with van der Waals surface area (Å²) in [5, 5.41) is 13.6. The molecule has 0 saturated heterocycles. The Morgan fingerprint density at radius 3 is 2.47 bits per heavy atom. The molecule has 0 saturated carbocycles. The Morgan fingerprint density at radius 2 is 1.87 bits per heavy atom. The monoisotopic (exact) mass is 435 g/mol. The van der Waals surface area contributed by atoms with E-state index >= 15 is 0 Å². The molecule has 0 radical (unpaired) electrons. The molecule has 10 nitrogen and oxygen atoms in total. The van der Waals surface area contributed by atoms with E-state index in [2.05, 4.69) is 5.32 Å². The smallest absolute Gasteiger partial charge is 0.340 e. The number of para-hydroxylation sites is 1. The fourth-order valence-electron chi connectivity index (χ4n) is 2.77. The Kier molecular flexibility index (Phi) is 7.11. The Morgan fingerprint density at radius 1 is 1.20 bits per heavy atom. The molecule has 0 aliphatic carbocycles. The van der Waals surface area contributed by atoms with Crippen molar-refractivity contribution in [3.63, 3.8) is 0 Å². The van der Waals surface area contributed by atoms with E-state index < -0.39 is 32.9 Å². The minimum atomic E-state index is -3.97. The number of nitro groups is 1. The van der Waals surface area contributed by atoms with Gasteiger partial charge in [0.2, 0.25) is 15.9 Å². The van der Waals surface area contributed by atoms with E-state index in [1.54, 1.807) is 19.1 Å². The van der Waals surface area contributed by atoms with E-state index in [9.17, 15) is 28.1 Å². The van der Waals surface area contributed by atoms with Gasteiger partial charge < -0.3 is 10.1 Å². The summed E-state index contributed by atoms with van der Waals surface area (Å²) < 4.78 is 30.5. The predicted molar refractivity (Wildman–Crippen MR) is 111 cm³/mol. The molecule has 11 heteroatoms. The van der Waals surface area contributed by atoms with Crippen molar-refractivity contribution in [1.82, 2.24) is 0 Å². The van der Waals surface area contributed by atoms with Gasteiger partial charge in [0.05, 0.1) is 34.7 Å². The van der Waals surface area contributed by atoms with Gasteiger partial charge in [0.25, 0.3) is 5.69 Å². The lowest BCUT2D eigenvalue weighted by Crippen LogP contribution is -2.45. The first-order chi connectivity index (χ1) is 14.1. The second-order valence-electron chi connectivity index (χ2n) is 6.27. The van der Waals surface area contributed by atoms with Crippen LogP contribution in [-0.2, 0) is 19.6 Å². The number of esters is 1. The number of nitro benzene ring substituents is 1. The minimum absolute atomic E-state index is 0.0342. The van der Waals surface area contributed by atoms with Crippen LogP contribution in [0.4, 0.5) is 17.1 Å². The number of hydrogen-bond acceptors (Lipinski definition) is 7. The summed E-state index contributed by atoms with van der Waals surface area (Å²) >= 11 is 0. The molecule has 0 heterocycles. The summed E-state index contributed by atoms with van der Waals surface area (Å²) in [7, 11) is -3.97. The van der Waals surface area contributed by atoms with Crippen LogP contribution in [0.25, 0.3) is 0 Å². The van der Waals surface area contributed by atoms with Gasteiger partial charge in [-0.2, -0.15) is 0 Å². The van der Waals surface area contributed by atoms with Gasteiger partial charge in [-0.1, -0.05) is 18.2 Å². The van der Waals surface area contributed by atoms with E-state index in [1.165, 1.54) is 37.3 Å². The standard InChI is InChI=1S/C19H21N3O7S/c1-4-29-19(24)16-10-5-6-11-17(16)20-18(23)13(2)21(30(3,27)28)14-8-7-9-15(12-14)22(25)26/h5-13H,4H2,1-3H3,(H,20,23)/t13-/m1/s1. The van der Waals surface area contributed by atoms with Crippen LogP contribution in [0.3, 0.4) is 0 Å². The number of hydrogen-bond donors (Lipinski definition) is 1. The Bertz CT molecular complexity index is 1070. The van der Waals surface area contributed by atoms with Crippen molar-refractivity contribution >= 4 is 39.0 Å². The number of nitrogens with zero attached hydrogens (tertiary/aromatic N) is 2. The lowest BCUT2D eigenvalue weighted by molar-refractivity contribution is -0.384. The first kappa shape index (κ1) is 22.8. The van der Waals surface area contributed by atoms with E-state index in [0.717, 1.165) is 16.6 Å². The van der Waals surface area contributed by atoms with Crippen molar-refractivity contribution in [2.24, 2.45) is 0 Å². The Hall–Kier alpha value is -3.47. The van der Waals surface area contributed by atoms with Gasteiger partial charge in [0.15, 0.2) is 0 Å². The number of non-ortho nitro benzene ring substituents is 1. The van der Waals surface area contributed by atoms with Gasteiger partial charge in [-0.15, -0.1) is 0 Å². The Balaban J connectivity index is 2.38. The lowest BCUT2D eigenvalue weighted by atomic mass is 10.1. The number of carbonyl (C=O) groups is 2. The number of carbonyl (C=O) groups excluding carboxylic acids is 2. The number of anilines is 2. The van der Waals surface area contributed by atoms with Crippen LogP contribution >= 0.6 is 0 Å². The molecular weight excluding hydrogens is 414 g/mol. The zero-order chi connectivity index (χ0) is 22.5. The van der Waals surface area contributed by atoms with Crippen LogP contribution in [0.5, 0.6) is 0 Å². The first-order valence-electron chi connectivity index (χ1n) is 8.87. The highest BCUT2D eigenvalue weighted by molar-refractivity contribution is 7.92. The maximum Gasteiger partial charge on any atom is 0.340 e. The molecule has 0 aliphatic rings. The summed E-state index contributed by atoms with van der Waals surface area (Å²) in [4.78, 5) is 35.3. The van der Waals surface area contributed by atoms with Crippen LogP contribution in [0.2, 0.25) is 0 Å². The van der Waals surface area contributed by atoms with Gasteiger partial charge in [0, 0.05) is 12.1 Å². The summed E-state index contributed by atoms with van der Waals surface area (Å²) in [6, 6.07) is 9.83. The molecule has 0 fully saturated rings. The molecule has 0 bridgehead atoms. The van der Waals surface area contributed by atoms with Crippen molar-refractivity contribution in [2.75, 3.05) is 22.5 Å². The summed E-state index contributed by atoms with van der Waals surface area (Å²) in [5.41, 5.74) is -0.0871. The van der Waals surface area contributed by atoms with Crippen molar-refractivity contribution in [3.8, 4) is 0 Å². The highest BCUT2D eigenvalue weighted by Gasteiger charge is 2.30. The second-order valence-corrected chi connectivity index (χ2v) is 8.13. The predicted octanol–water partition coefficient (Wildman–Crippen LogP) is 2.56. The SMILES string of the molecule is CCOC(=O)c1ccccc1NC(=O)[C@@H](C)N(c1cccc([N+](=O)[O-])c1)S(C)(=O)=O. The van der Waals surface area contributed by atoms with E-state index in [0.29, 0.717) is 0 Å². The molecule has 1 N–H and O–H groups in total. The number of sulfonamides is 1. The van der Waals surface area contributed by atoms with Crippen LogP contribution in [0, 0.1) is 10.1 Å². The van der Waals surface area contributed by atoms with Gasteiger partial charge in [-0.3, -0.25) is 19.2 Å². The number of benzene rings is 2. The maximum atomic E-state index is 12.8. The third-order valence-electron chi connectivity index (χ3n) is 4.06. The number of amides is 1. The molecule has 0 aliphatic heterocycles. The molecule has 1 atom stereocenters. The largest absolute Gasteiger partial charge is 0.462 e. The first-order valence-corrected chi connectivity index (χ1v) is 10.7. The zero-order valence-electron chi connectivity index (χ0n) is 16.6. The van der Waals surface area contributed by atoms with Crippen molar-refractivity contribution in [3.05, 3.63) is 64.2 Å². The van der Waals surface area contributed by atoms with E-state index in [4.69, 9.17) is 4.74 Å². The third-order valence-corrected chi connectivity index (χ3v) is 5.31. The third kappa shape index (κ3) is 5.32. The summed E-state index contributed by atoms with van der Waals surface area (Å²) in [6.07, 6.45) is 0.891. The molecule has 2 aromatic carbocycles. The van der Waals surface area contributed by atoms with Crippen molar-refractivity contribution < 1.29 is 27.7 Å². The van der Waals surface area contributed by atoms with Gasteiger partial charge in [0.1, 0.15) is 6.04 Å². The number of ether oxygens (including phenoxy) is 1. The van der Waals surface area contributed by atoms with Crippen LogP contribution in [-0.4, -0.2) is 44.1 Å². The van der Waals surface area contributed by atoms with Crippen LogP contribution in [0.15, 0.2) is 48.5 Å². The highest BCUT2D eigenvalue weighted by atomic mass is 32.2. The lowest BCUT2D eigenvalue weighted by Gasteiger charge is -2.28. The Labute approximate surface area is 173 Å².